The molecule has 0 spiro atoms. The fourth-order valence-electron chi connectivity index (χ4n) is 1.19. The molecule has 0 atom stereocenters. The zero-order valence-electron chi connectivity index (χ0n) is 7.62. The second-order valence-electron chi connectivity index (χ2n) is 2.97. The van der Waals surface area contributed by atoms with Gasteiger partial charge in [-0.2, -0.15) is 0 Å². The van der Waals surface area contributed by atoms with Gasteiger partial charge in [-0.3, -0.25) is 4.79 Å². The normalized spacial score (nSPS) is 16.1. The summed E-state index contributed by atoms with van der Waals surface area (Å²) in [7, 11) is 0. The van der Waals surface area contributed by atoms with Gasteiger partial charge in [0.05, 0.1) is 13.1 Å². The summed E-state index contributed by atoms with van der Waals surface area (Å²) in [6.45, 7) is 0.286. The van der Waals surface area contributed by atoms with Crippen molar-refractivity contribution in [1.29, 1.82) is 0 Å². The van der Waals surface area contributed by atoms with Crippen LogP contribution in [0.3, 0.4) is 0 Å². The molecule has 0 radical (unpaired) electrons. The van der Waals surface area contributed by atoms with Gasteiger partial charge in [0.15, 0.2) is 0 Å². The number of hydrogen-bond acceptors (Lipinski definition) is 2. The third-order valence-corrected chi connectivity index (χ3v) is 1.87. The molecule has 1 rings (SSSR count). The molecule has 0 saturated carbocycles. The highest BCUT2D eigenvalue weighted by molar-refractivity contribution is 5.83. The predicted octanol–water partition coefficient (Wildman–Crippen LogP) is -0.260. The van der Waals surface area contributed by atoms with Crippen molar-refractivity contribution in [3.8, 4) is 0 Å². The van der Waals surface area contributed by atoms with Crippen LogP contribution in [0.2, 0.25) is 0 Å². The van der Waals surface area contributed by atoms with Crippen molar-refractivity contribution in [2.45, 2.75) is 6.42 Å². The average Bonchev–Trinajstić information content (AvgIpc) is 2.14. The van der Waals surface area contributed by atoms with Crippen molar-refractivity contribution in [1.82, 2.24) is 10.2 Å². The van der Waals surface area contributed by atoms with Gasteiger partial charge in [0.25, 0.3) is 0 Å². The Bertz CT molecular complexity index is 278. The molecule has 1 heterocycles. The van der Waals surface area contributed by atoms with E-state index < -0.39 is 6.03 Å². The molecule has 0 saturated heterocycles. The van der Waals surface area contributed by atoms with Crippen LogP contribution in [0, 0.1) is 0 Å². The molecule has 0 bridgehead atoms. The number of carbonyl (C=O) groups excluding carboxylic acids is 2. The second-order valence-corrected chi connectivity index (χ2v) is 2.97. The molecule has 0 aromatic carbocycles. The Balaban J connectivity index is 2.38. The highest BCUT2D eigenvalue weighted by Crippen LogP contribution is 2.09. The van der Waals surface area contributed by atoms with Crippen molar-refractivity contribution >= 4 is 11.9 Å². The number of nitrogens with two attached hydrogens (primary N) is 1. The molecule has 3 amide bonds. The third kappa shape index (κ3) is 3.04. The Hall–Kier alpha value is -1.59. The maximum atomic E-state index is 12.7. The maximum absolute atomic E-state index is 12.7. The first-order valence-corrected chi connectivity index (χ1v) is 4.25. The van der Waals surface area contributed by atoms with Gasteiger partial charge in [0.2, 0.25) is 5.91 Å². The summed E-state index contributed by atoms with van der Waals surface area (Å²) < 4.78 is 12.7. The number of amides is 3. The topological polar surface area (TPSA) is 75.4 Å². The standard InChI is InChI=1S/C8H12FN3O2/c9-6-2-1-3-12(5-6)7(13)4-11-8(10)14/h2H,1,3-5H2,(H3,10,11,14). The molecule has 3 N–H and O–H groups in total. The Morgan fingerprint density at radius 3 is 2.93 bits per heavy atom. The van der Waals surface area contributed by atoms with Crippen LogP contribution >= 0.6 is 0 Å². The highest BCUT2D eigenvalue weighted by atomic mass is 19.1. The van der Waals surface area contributed by atoms with Gasteiger partial charge in [-0.15, -0.1) is 0 Å². The molecular weight excluding hydrogens is 189 g/mol. The Labute approximate surface area is 80.7 Å². The average molecular weight is 201 g/mol. The molecule has 1 aliphatic heterocycles. The zero-order valence-corrected chi connectivity index (χ0v) is 7.62. The summed E-state index contributed by atoms with van der Waals surface area (Å²) in [5.41, 5.74) is 4.79. The van der Waals surface area contributed by atoms with E-state index in [0.29, 0.717) is 13.0 Å². The summed E-state index contributed by atoms with van der Waals surface area (Å²) in [5.74, 6) is -0.643. The number of urea groups is 1. The van der Waals surface area contributed by atoms with E-state index in [-0.39, 0.29) is 24.8 Å². The van der Waals surface area contributed by atoms with E-state index in [1.54, 1.807) is 0 Å². The van der Waals surface area contributed by atoms with Gasteiger partial charge in [-0.25, -0.2) is 9.18 Å². The largest absolute Gasteiger partial charge is 0.352 e. The van der Waals surface area contributed by atoms with Crippen LogP contribution in [0.4, 0.5) is 9.18 Å². The molecule has 1 aliphatic rings. The maximum Gasteiger partial charge on any atom is 0.312 e. The zero-order chi connectivity index (χ0) is 10.6. The van der Waals surface area contributed by atoms with E-state index in [2.05, 4.69) is 5.32 Å². The van der Waals surface area contributed by atoms with Crippen molar-refractivity contribution in [2.24, 2.45) is 5.73 Å². The molecule has 0 aromatic heterocycles. The highest BCUT2D eigenvalue weighted by Gasteiger charge is 2.17. The van der Waals surface area contributed by atoms with Crippen LogP contribution in [-0.2, 0) is 4.79 Å². The van der Waals surface area contributed by atoms with E-state index in [4.69, 9.17) is 5.73 Å². The van der Waals surface area contributed by atoms with Crippen molar-refractivity contribution in [2.75, 3.05) is 19.6 Å². The Kier molecular flexibility index (Phi) is 3.44. The number of primary amides is 1. The van der Waals surface area contributed by atoms with Crippen LogP contribution in [0.5, 0.6) is 0 Å². The van der Waals surface area contributed by atoms with E-state index in [9.17, 15) is 14.0 Å². The fraction of sp³-hybridized carbons (Fsp3) is 0.500. The van der Waals surface area contributed by atoms with Crippen LogP contribution in [0.25, 0.3) is 0 Å². The molecule has 0 aromatic rings. The van der Waals surface area contributed by atoms with Crippen LogP contribution in [0.1, 0.15) is 6.42 Å². The van der Waals surface area contributed by atoms with Crippen LogP contribution in [-0.4, -0.2) is 36.5 Å². The smallest absolute Gasteiger partial charge is 0.312 e. The van der Waals surface area contributed by atoms with Crippen LogP contribution in [0.15, 0.2) is 11.9 Å². The minimum Gasteiger partial charge on any atom is -0.352 e. The first-order valence-electron chi connectivity index (χ1n) is 4.25. The number of nitrogens with zero attached hydrogens (tertiary/aromatic N) is 1. The fourth-order valence-corrected chi connectivity index (χ4v) is 1.19. The van der Waals surface area contributed by atoms with E-state index in [1.807, 2.05) is 0 Å². The molecule has 5 nitrogen and oxygen atoms in total. The molecule has 78 valence electrons. The SMILES string of the molecule is NC(=O)NCC(=O)N1CCC=C(F)C1. The summed E-state index contributed by atoms with van der Waals surface area (Å²) in [4.78, 5) is 23.0. The number of hydrogen-bond donors (Lipinski definition) is 2. The van der Waals surface area contributed by atoms with Crippen molar-refractivity contribution in [3.05, 3.63) is 11.9 Å². The number of halogens is 1. The lowest BCUT2D eigenvalue weighted by Crippen LogP contribution is -2.43. The number of nitrogens with one attached hydrogen (secondary N) is 1. The van der Waals surface area contributed by atoms with Gasteiger partial charge in [-0.05, 0) is 12.5 Å². The molecule has 0 aliphatic carbocycles. The quantitative estimate of drug-likeness (QED) is 0.645. The molecule has 0 fully saturated rings. The van der Waals surface area contributed by atoms with Crippen molar-refractivity contribution in [3.63, 3.8) is 0 Å². The Morgan fingerprint density at radius 1 is 1.64 bits per heavy atom. The molecule has 0 unspecified atom stereocenters. The summed E-state index contributed by atoms with van der Waals surface area (Å²) in [6.07, 6.45) is 1.96. The van der Waals surface area contributed by atoms with Gasteiger partial charge in [0.1, 0.15) is 5.83 Å². The van der Waals surface area contributed by atoms with E-state index >= 15 is 0 Å². The van der Waals surface area contributed by atoms with Gasteiger partial charge >= 0.3 is 6.03 Å². The number of carbonyl (C=O) groups is 2. The first-order chi connectivity index (χ1) is 6.59. The summed E-state index contributed by atoms with van der Waals surface area (Å²) in [5, 5.41) is 2.16. The number of rotatable bonds is 2. The lowest BCUT2D eigenvalue weighted by Gasteiger charge is -2.24. The van der Waals surface area contributed by atoms with Gasteiger partial charge in [-0.1, -0.05) is 0 Å². The molecule has 14 heavy (non-hydrogen) atoms. The Morgan fingerprint density at radius 2 is 2.36 bits per heavy atom. The van der Waals surface area contributed by atoms with E-state index in [1.165, 1.54) is 11.0 Å². The van der Waals surface area contributed by atoms with Gasteiger partial charge < -0.3 is 16.0 Å². The third-order valence-electron chi connectivity index (χ3n) is 1.87. The monoisotopic (exact) mass is 201 g/mol. The van der Waals surface area contributed by atoms with Crippen molar-refractivity contribution < 1.29 is 14.0 Å². The minimum atomic E-state index is -0.758. The summed E-state index contributed by atoms with van der Waals surface area (Å²) >= 11 is 0. The van der Waals surface area contributed by atoms with E-state index in [0.717, 1.165) is 0 Å². The molecule has 6 heteroatoms. The first kappa shape index (κ1) is 10.5. The predicted molar refractivity (Wildman–Crippen MR) is 48.0 cm³/mol. The lowest BCUT2D eigenvalue weighted by molar-refractivity contribution is -0.130. The van der Waals surface area contributed by atoms with Gasteiger partial charge in [0, 0.05) is 6.54 Å². The second kappa shape index (κ2) is 4.59. The lowest BCUT2D eigenvalue weighted by atomic mass is 10.2. The van der Waals surface area contributed by atoms with Crippen LogP contribution < -0.4 is 11.1 Å². The minimum absolute atomic E-state index is 0.0146. The molecular formula is C8H12FN3O2. The summed E-state index contributed by atoms with van der Waals surface area (Å²) in [6, 6.07) is -0.758.